The number of amides is 1. The van der Waals surface area contributed by atoms with E-state index in [9.17, 15) is 4.79 Å². The van der Waals surface area contributed by atoms with Crippen molar-refractivity contribution in [2.45, 2.75) is 44.8 Å². The van der Waals surface area contributed by atoms with Crippen molar-refractivity contribution in [1.29, 1.82) is 5.26 Å². The molecule has 4 aromatic heterocycles. The molecule has 47 heavy (non-hydrogen) atoms. The van der Waals surface area contributed by atoms with Crippen LogP contribution in [-0.2, 0) is 13.1 Å². The minimum Gasteiger partial charge on any atom is -0.494 e. The molecule has 0 radical (unpaired) electrons. The quantitative estimate of drug-likeness (QED) is 0.243. The van der Waals surface area contributed by atoms with Gasteiger partial charge in [0.25, 0.3) is 5.91 Å². The summed E-state index contributed by atoms with van der Waals surface area (Å²) in [5.41, 5.74) is 5.30. The average Bonchev–Trinajstić information content (AvgIpc) is 3.72. The first kappa shape index (κ1) is 27.2. The minimum atomic E-state index is 0.102. The van der Waals surface area contributed by atoms with Crippen LogP contribution in [0.2, 0.25) is 0 Å². The predicted molar refractivity (Wildman–Crippen MR) is 175 cm³/mol. The standard InChI is InChI=1S/C36H35N9O2/c1-47-30-11-24(36(46)44-19-25-7-23-10-28(44)32(23)25)8-27-33(30)45(18-21-15-42(16-21)26-13-39-31(12-37)40-14-26)35(41-27)29-9-22-3-2-6-38-34(22)43(29)17-20-4-5-20/h2-3,6,8-9,11,13-14,20-21,23,25,28,32H,4-5,7,10,15-19H2,1H3/t23?,25?,28?,32-/m1/s1. The fraction of sp³-hybridized carbons (Fsp3) is 0.444. The Balaban J connectivity index is 1.06. The second-order valence-electron chi connectivity index (χ2n) is 14.3. The van der Waals surface area contributed by atoms with Crippen molar-refractivity contribution in [3.8, 4) is 23.3 Å². The Hall–Kier alpha value is -4.98. The van der Waals surface area contributed by atoms with E-state index in [1.54, 1.807) is 19.5 Å². The second-order valence-corrected chi connectivity index (χ2v) is 14.3. The molecule has 11 nitrogen and oxygen atoms in total. The van der Waals surface area contributed by atoms with Crippen LogP contribution in [0.25, 0.3) is 33.6 Å². The van der Waals surface area contributed by atoms with E-state index < -0.39 is 0 Å². The third-order valence-electron chi connectivity index (χ3n) is 11.6. The molecule has 0 N–H and O–H groups in total. The van der Waals surface area contributed by atoms with Gasteiger partial charge in [-0.05, 0) is 79.7 Å². The van der Waals surface area contributed by atoms with Gasteiger partial charge in [0.05, 0.1) is 36.4 Å². The number of carbonyl (C=O) groups is 1. The lowest BCUT2D eigenvalue weighted by atomic mass is 9.53. The lowest BCUT2D eigenvalue weighted by Crippen LogP contribution is -2.53. The highest BCUT2D eigenvalue weighted by molar-refractivity contribution is 6.00. The first-order valence-electron chi connectivity index (χ1n) is 16.9. The van der Waals surface area contributed by atoms with Gasteiger partial charge in [0, 0.05) is 61.8 Å². The van der Waals surface area contributed by atoms with E-state index in [1.165, 1.54) is 19.3 Å². The molecule has 6 heterocycles. The van der Waals surface area contributed by atoms with Crippen molar-refractivity contribution < 1.29 is 9.53 Å². The number of benzene rings is 1. The summed E-state index contributed by atoms with van der Waals surface area (Å²) < 4.78 is 10.7. The Kier molecular flexibility index (Phi) is 5.78. The molecule has 0 bridgehead atoms. The van der Waals surface area contributed by atoms with Crippen LogP contribution < -0.4 is 9.64 Å². The number of hydrogen-bond acceptors (Lipinski definition) is 8. The number of methoxy groups -OCH3 is 1. The maximum Gasteiger partial charge on any atom is 0.254 e. The molecule has 236 valence electrons. The summed E-state index contributed by atoms with van der Waals surface area (Å²) in [5, 5.41) is 10.2. The predicted octanol–water partition coefficient (Wildman–Crippen LogP) is 4.75. The molecule has 1 aromatic carbocycles. The van der Waals surface area contributed by atoms with E-state index in [-0.39, 0.29) is 11.7 Å². The Bertz CT molecular complexity index is 2120. The fourth-order valence-electron chi connectivity index (χ4n) is 8.96. The number of hydrogen-bond donors (Lipinski definition) is 0. The molecular formula is C36H35N9O2. The largest absolute Gasteiger partial charge is 0.494 e. The number of likely N-dealkylation sites (tertiary alicyclic amines) is 1. The van der Waals surface area contributed by atoms with Gasteiger partial charge in [-0.3, -0.25) is 4.79 Å². The van der Waals surface area contributed by atoms with Crippen LogP contribution in [0.3, 0.4) is 0 Å². The number of nitrogens with zero attached hydrogens (tertiary/aromatic N) is 9. The molecule has 0 spiro atoms. The number of rotatable bonds is 8. The number of carbonyl (C=O) groups excluding carboxylic acids is 1. The van der Waals surface area contributed by atoms with Crippen LogP contribution in [0.15, 0.2) is 48.9 Å². The SMILES string of the molecule is COc1cc(C(=O)N2CC3CC4CC2[C@H]43)cc2nc(-c3cc4cccnc4n3CC3CC3)n(CC3CN(c4cnc(C#N)nc4)C3)c12. The van der Waals surface area contributed by atoms with Gasteiger partial charge in [-0.15, -0.1) is 0 Å². The number of pyridine rings is 1. The molecule has 10 rings (SSSR count). The molecule has 3 saturated carbocycles. The molecule has 2 aliphatic heterocycles. The zero-order valence-corrected chi connectivity index (χ0v) is 26.3. The molecule has 11 heteroatoms. The Morgan fingerprint density at radius 2 is 1.83 bits per heavy atom. The molecule has 4 atom stereocenters. The lowest BCUT2D eigenvalue weighted by Gasteiger charge is -2.52. The fourth-order valence-corrected chi connectivity index (χ4v) is 8.96. The maximum atomic E-state index is 14.0. The van der Waals surface area contributed by atoms with Crippen molar-refractivity contribution in [1.82, 2.24) is 34.0 Å². The van der Waals surface area contributed by atoms with Crippen LogP contribution in [0.1, 0.15) is 41.9 Å². The second kappa shape index (κ2) is 10.0. The third kappa shape index (κ3) is 4.13. The highest BCUT2D eigenvalue weighted by atomic mass is 16.5. The molecule has 5 aromatic rings. The summed E-state index contributed by atoms with van der Waals surface area (Å²) in [5.74, 6) is 5.07. The first-order chi connectivity index (χ1) is 23.1. The van der Waals surface area contributed by atoms with Crippen molar-refractivity contribution in [3.05, 3.63) is 60.3 Å². The van der Waals surface area contributed by atoms with Crippen LogP contribution in [0.4, 0.5) is 5.69 Å². The Morgan fingerprint density at radius 1 is 1.00 bits per heavy atom. The van der Waals surface area contributed by atoms with Gasteiger partial charge >= 0.3 is 0 Å². The van der Waals surface area contributed by atoms with Crippen molar-refractivity contribution in [3.63, 3.8) is 0 Å². The highest BCUT2D eigenvalue weighted by Gasteiger charge is 2.61. The van der Waals surface area contributed by atoms with E-state index in [0.29, 0.717) is 35.1 Å². The van der Waals surface area contributed by atoms with Crippen molar-refractivity contribution in [2.75, 3.05) is 31.6 Å². The van der Waals surface area contributed by atoms with E-state index in [4.69, 9.17) is 20.0 Å². The highest BCUT2D eigenvalue weighted by Crippen LogP contribution is 2.60. The van der Waals surface area contributed by atoms with Gasteiger partial charge in [0.2, 0.25) is 5.82 Å². The van der Waals surface area contributed by atoms with Gasteiger partial charge in [-0.1, -0.05) is 0 Å². The Morgan fingerprint density at radius 3 is 2.57 bits per heavy atom. The summed E-state index contributed by atoms with van der Waals surface area (Å²) in [6.45, 7) is 4.19. The number of anilines is 1. The zero-order valence-electron chi connectivity index (χ0n) is 26.3. The van der Waals surface area contributed by atoms with Crippen molar-refractivity contribution in [2.24, 2.45) is 29.6 Å². The van der Waals surface area contributed by atoms with Crippen molar-refractivity contribution >= 4 is 33.7 Å². The van der Waals surface area contributed by atoms with Gasteiger partial charge in [0.15, 0.2) is 5.82 Å². The number of ether oxygens (including phenoxy) is 1. The normalized spacial score (nSPS) is 24.5. The summed E-state index contributed by atoms with van der Waals surface area (Å²) >= 11 is 0. The number of imidazole rings is 1. The van der Waals surface area contributed by atoms with Crippen LogP contribution in [-0.4, -0.2) is 72.7 Å². The van der Waals surface area contributed by atoms with Gasteiger partial charge in [-0.2, -0.15) is 5.26 Å². The molecule has 3 unspecified atom stereocenters. The molecular weight excluding hydrogens is 590 g/mol. The number of aromatic nitrogens is 6. The molecule has 2 saturated heterocycles. The number of fused-ring (bicyclic) bond motifs is 2. The van der Waals surface area contributed by atoms with Crippen LogP contribution in [0.5, 0.6) is 5.75 Å². The van der Waals surface area contributed by atoms with Crippen LogP contribution in [0, 0.1) is 40.9 Å². The third-order valence-corrected chi connectivity index (χ3v) is 11.6. The summed E-state index contributed by atoms with van der Waals surface area (Å²) in [7, 11) is 1.69. The molecule has 5 fully saturated rings. The summed E-state index contributed by atoms with van der Waals surface area (Å²) in [6.07, 6.45) is 10.2. The zero-order chi connectivity index (χ0) is 31.4. The summed E-state index contributed by atoms with van der Waals surface area (Å²) in [6, 6.07) is 12.6. The van der Waals surface area contributed by atoms with E-state index in [1.807, 2.05) is 30.5 Å². The van der Waals surface area contributed by atoms with E-state index >= 15 is 0 Å². The monoisotopic (exact) mass is 625 g/mol. The molecule has 5 aliphatic rings. The maximum absolute atomic E-state index is 14.0. The van der Waals surface area contributed by atoms with Crippen LogP contribution >= 0.6 is 0 Å². The van der Waals surface area contributed by atoms with Gasteiger partial charge in [-0.25, -0.2) is 19.9 Å². The number of nitriles is 1. The first-order valence-corrected chi connectivity index (χ1v) is 16.9. The molecule has 1 amide bonds. The molecule has 3 aliphatic carbocycles. The minimum absolute atomic E-state index is 0.102. The lowest BCUT2D eigenvalue weighted by molar-refractivity contribution is -0.0204. The van der Waals surface area contributed by atoms with Gasteiger partial charge < -0.3 is 23.7 Å². The Labute approximate surface area is 271 Å². The van der Waals surface area contributed by atoms with Gasteiger partial charge in [0.1, 0.15) is 23.0 Å². The smallest absolute Gasteiger partial charge is 0.254 e. The topological polar surface area (TPSA) is 118 Å². The van der Waals surface area contributed by atoms with E-state index in [2.05, 4.69) is 41.0 Å². The average molecular weight is 626 g/mol. The summed E-state index contributed by atoms with van der Waals surface area (Å²) in [4.78, 5) is 36.8. The van der Waals surface area contributed by atoms with E-state index in [0.717, 1.165) is 90.3 Å².